The number of hydrogen-bond acceptors (Lipinski definition) is 5. The first-order valence-corrected chi connectivity index (χ1v) is 7.69. The Bertz CT molecular complexity index is 584. The number of hydrogen-bond donors (Lipinski definition) is 2. The number of nitrogens with zero attached hydrogens (tertiary/aromatic N) is 1. The summed E-state index contributed by atoms with van der Waals surface area (Å²) in [5, 5.41) is 8.55. The van der Waals surface area contributed by atoms with Gasteiger partial charge < -0.3 is 9.84 Å². The minimum absolute atomic E-state index is 0.0278. The highest BCUT2D eigenvalue weighted by Gasteiger charge is 2.26. The fourth-order valence-corrected chi connectivity index (χ4v) is 3.02. The topological polar surface area (TPSA) is 106 Å². The highest BCUT2D eigenvalue weighted by atomic mass is 32.2. The number of aromatic carboxylic acids is 1. The zero-order valence-corrected chi connectivity index (χ0v) is 11.8. The van der Waals surface area contributed by atoms with Gasteiger partial charge in [-0.25, -0.2) is 22.9 Å². The summed E-state index contributed by atoms with van der Waals surface area (Å²) >= 11 is 0. The summed E-state index contributed by atoms with van der Waals surface area (Å²) in [6, 6.07) is 2.39. The maximum atomic E-state index is 12.0. The second-order valence-corrected chi connectivity index (χ2v) is 6.38. The van der Waals surface area contributed by atoms with Crippen LogP contribution in [0.3, 0.4) is 0 Å². The summed E-state index contributed by atoms with van der Waals surface area (Å²) in [6.07, 6.45) is 1.87. The van der Waals surface area contributed by atoms with Gasteiger partial charge in [0, 0.05) is 25.3 Å². The Morgan fingerprint density at radius 2 is 2.30 bits per heavy atom. The molecule has 0 amide bonds. The van der Waals surface area contributed by atoms with Crippen molar-refractivity contribution in [2.24, 2.45) is 5.92 Å². The summed E-state index contributed by atoms with van der Waals surface area (Å²) in [6.45, 7) is 2.83. The average Bonchev–Trinajstić information content (AvgIpc) is 2.82. The highest BCUT2D eigenvalue weighted by Crippen LogP contribution is 2.20. The van der Waals surface area contributed by atoms with Crippen molar-refractivity contribution in [2.75, 3.05) is 13.2 Å². The van der Waals surface area contributed by atoms with E-state index in [4.69, 9.17) is 9.84 Å². The third-order valence-electron chi connectivity index (χ3n) is 3.33. The first-order valence-electron chi connectivity index (χ1n) is 6.21. The van der Waals surface area contributed by atoms with Gasteiger partial charge in [-0.15, -0.1) is 0 Å². The van der Waals surface area contributed by atoms with Crippen LogP contribution < -0.4 is 4.72 Å². The molecular formula is C12H16N2O5S. The molecule has 1 aliphatic heterocycles. The smallest absolute Gasteiger partial charge is 0.337 e. The van der Waals surface area contributed by atoms with Crippen LogP contribution in [0.4, 0.5) is 0 Å². The van der Waals surface area contributed by atoms with E-state index in [0.717, 1.165) is 12.6 Å². The number of sulfonamides is 1. The molecule has 2 rings (SSSR count). The predicted molar refractivity (Wildman–Crippen MR) is 69.9 cm³/mol. The van der Waals surface area contributed by atoms with Gasteiger partial charge in [0.2, 0.25) is 0 Å². The minimum Gasteiger partial charge on any atom is -0.478 e. The molecule has 2 atom stereocenters. The van der Waals surface area contributed by atoms with Crippen LogP contribution in [-0.4, -0.2) is 43.7 Å². The SMILES string of the molecule is CC1OCCC1CNS(=O)(=O)c1ccc(C(=O)O)cn1. The number of aromatic nitrogens is 1. The molecule has 7 nitrogen and oxygen atoms in total. The highest BCUT2D eigenvalue weighted by molar-refractivity contribution is 7.89. The van der Waals surface area contributed by atoms with Crippen molar-refractivity contribution in [2.45, 2.75) is 24.5 Å². The van der Waals surface area contributed by atoms with Crippen LogP contribution in [-0.2, 0) is 14.8 Å². The summed E-state index contributed by atoms with van der Waals surface area (Å²) in [4.78, 5) is 14.4. The van der Waals surface area contributed by atoms with E-state index in [1.54, 1.807) is 0 Å². The summed E-state index contributed by atoms with van der Waals surface area (Å²) in [7, 11) is -3.72. The predicted octanol–water partition coefficient (Wildman–Crippen LogP) is 0.483. The first kappa shape index (κ1) is 14.9. The lowest BCUT2D eigenvalue weighted by molar-refractivity contribution is 0.0696. The van der Waals surface area contributed by atoms with Crippen molar-refractivity contribution in [3.63, 3.8) is 0 Å². The lowest BCUT2D eigenvalue weighted by atomic mass is 10.0. The zero-order valence-electron chi connectivity index (χ0n) is 10.9. The molecule has 0 bridgehead atoms. The van der Waals surface area contributed by atoms with Gasteiger partial charge in [-0.1, -0.05) is 0 Å². The fraction of sp³-hybridized carbons (Fsp3) is 0.500. The molecule has 1 aliphatic rings. The van der Waals surface area contributed by atoms with Gasteiger partial charge in [-0.05, 0) is 25.5 Å². The lowest BCUT2D eigenvalue weighted by Gasteiger charge is -2.14. The Kier molecular flexibility index (Phi) is 4.36. The Labute approximate surface area is 117 Å². The molecule has 2 unspecified atom stereocenters. The van der Waals surface area contributed by atoms with Gasteiger partial charge in [0.15, 0.2) is 5.03 Å². The van der Waals surface area contributed by atoms with E-state index in [2.05, 4.69) is 9.71 Å². The standard InChI is InChI=1S/C12H16N2O5S/c1-8-9(4-5-19-8)7-14-20(17,18)11-3-2-10(6-13-11)12(15)16/h2-3,6,8-9,14H,4-5,7H2,1H3,(H,15,16). The Morgan fingerprint density at radius 1 is 1.55 bits per heavy atom. The quantitative estimate of drug-likeness (QED) is 0.819. The van der Waals surface area contributed by atoms with Gasteiger partial charge in [-0.2, -0.15) is 0 Å². The molecule has 1 saturated heterocycles. The summed E-state index contributed by atoms with van der Waals surface area (Å²) < 4.78 is 31.9. The van der Waals surface area contributed by atoms with Crippen LogP contribution >= 0.6 is 0 Å². The number of pyridine rings is 1. The van der Waals surface area contributed by atoms with E-state index >= 15 is 0 Å². The van der Waals surface area contributed by atoms with E-state index in [1.807, 2.05) is 6.92 Å². The first-order chi connectivity index (χ1) is 9.40. The number of nitrogens with one attached hydrogen (secondary N) is 1. The van der Waals surface area contributed by atoms with E-state index in [0.29, 0.717) is 6.61 Å². The third-order valence-corrected chi connectivity index (χ3v) is 4.67. The minimum atomic E-state index is -3.72. The molecule has 2 heterocycles. The molecule has 110 valence electrons. The normalized spacial score (nSPS) is 22.9. The Balaban J connectivity index is 2.04. The molecule has 1 aromatic heterocycles. The van der Waals surface area contributed by atoms with E-state index in [1.165, 1.54) is 12.1 Å². The van der Waals surface area contributed by atoms with Crippen molar-refractivity contribution in [3.8, 4) is 0 Å². The summed E-state index contributed by atoms with van der Waals surface area (Å²) in [5.41, 5.74) is -0.0539. The van der Waals surface area contributed by atoms with Crippen LogP contribution in [0.2, 0.25) is 0 Å². The number of ether oxygens (including phenoxy) is 1. The van der Waals surface area contributed by atoms with Crippen molar-refractivity contribution < 1.29 is 23.1 Å². The largest absolute Gasteiger partial charge is 0.478 e. The number of carbonyl (C=O) groups is 1. The molecule has 2 N–H and O–H groups in total. The molecule has 8 heteroatoms. The molecule has 0 aliphatic carbocycles. The number of rotatable bonds is 5. The number of carboxylic acid groups (broad SMARTS) is 1. The van der Waals surface area contributed by atoms with Gasteiger partial charge >= 0.3 is 5.97 Å². The molecule has 1 aromatic rings. The van der Waals surface area contributed by atoms with Crippen molar-refractivity contribution in [1.29, 1.82) is 0 Å². The molecular weight excluding hydrogens is 284 g/mol. The van der Waals surface area contributed by atoms with E-state index < -0.39 is 16.0 Å². The second-order valence-electron chi connectivity index (χ2n) is 4.67. The van der Waals surface area contributed by atoms with Crippen LogP contribution in [0, 0.1) is 5.92 Å². The average molecular weight is 300 g/mol. The van der Waals surface area contributed by atoms with Crippen molar-refractivity contribution >= 4 is 16.0 Å². The Hall–Kier alpha value is -1.51. The van der Waals surface area contributed by atoms with Gasteiger partial charge in [0.1, 0.15) is 0 Å². The Morgan fingerprint density at radius 3 is 2.80 bits per heavy atom. The van der Waals surface area contributed by atoms with Crippen molar-refractivity contribution in [1.82, 2.24) is 9.71 Å². The van der Waals surface area contributed by atoms with Crippen LogP contribution in [0.25, 0.3) is 0 Å². The number of carboxylic acids is 1. The van der Waals surface area contributed by atoms with E-state index in [9.17, 15) is 13.2 Å². The molecule has 0 aromatic carbocycles. The van der Waals surface area contributed by atoms with Crippen LogP contribution in [0.5, 0.6) is 0 Å². The maximum absolute atomic E-state index is 12.0. The summed E-state index contributed by atoms with van der Waals surface area (Å²) in [5.74, 6) is -1.01. The fourth-order valence-electron chi connectivity index (χ4n) is 2.00. The molecule has 0 radical (unpaired) electrons. The monoisotopic (exact) mass is 300 g/mol. The third kappa shape index (κ3) is 3.33. The van der Waals surface area contributed by atoms with Gasteiger partial charge in [0.05, 0.1) is 11.7 Å². The molecule has 0 saturated carbocycles. The maximum Gasteiger partial charge on any atom is 0.337 e. The molecule has 1 fully saturated rings. The lowest BCUT2D eigenvalue weighted by Crippen LogP contribution is -2.32. The van der Waals surface area contributed by atoms with Crippen molar-refractivity contribution in [3.05, 3.63) is 23.9 Å². The second kappa shape index (κ2) is 5.86. The van der Waals surface area contributed by atoms with Crippen LogP contribution in [0.1, 0.15) is 23.7 Å². The van der Waals surface area contributed by atoms with Crippen LogP contribution in [0.15, 0.2) is 23.4 Å². The van der Waals surface area contributed by atoms with Gasteiger partial charge in [0.25, 0.3) is 10.0 Å². The van der Waals surface area contributed by atoms with Gasteiger partial charge in [-0.3, -0.25) is 0 Å². The molecule has 20 heavy (non-hydrogen) atoms. The zero-order chi connectivity index (χ0) is 14.8. The van der Waals surface area contributed by atoms with E-state index in [-0.39, 0.29) is 29.2 Å². The molecule has 0 spiro atoms.